The van der Waals surface area contributed by atoms with Crippen molar-refractivity contribution in [2.75, 3.05) is 31.1 Å². The number of hydrogen-bond acceptors (Lipinski definition) is 4. The molecule has 1 atom stereocenters. The van der Waals surface area contributed by atoms with E-state index in [1.165, 1.54) is 4.31 Å². The van der Waals surface area contributed by atoms with E-state index in [4.69, 9.17) is 0 Å². The fourth-order valence-corrected chi connectivity index (χ4v) is 6.12. The van der Waals surface area contributed by atoms with E-state index in [1.807, 2.05) is 18.7 Å². The van der Waals surface area contributed by atoms with Crippen molar-refractivity contribution in [3.8, 4) is 0 Å². The Bertz CT molecular complexity index is 920. The number of anilines is 1. The van der Waals surface area contributed by atoms with E-state index in [2.05, 4.69) is 0 Å². The number of hydrogen-bond donors (Lipinski definition) is 0. The molecule has 2 amide bonds. The maximum atomic E-state index is 13.2. The number of benzene rings is 1. The molecule has 1 fully saturated rings. The summed E-state index contributed by atoms with van der Waals surface area (Å²) in [6, 6.07) is 3.57. The fraction of sp³-hybridized carbons (Fsp3) is 0.600. The highest BCUT2D eigenvalue weighted by molar-refractivity contribution is 7.89. The van der Waals surface area contributed by atoms with Crippen LogP contribution in [0.5, 0.6) is 0 Å². The Labute approximate surface area is 166 Å². The normalized spacial score (nSPS) is 22.5. The molecular formula is C20H27N3O4S. The summed E-state index contributed by atoms with van der Waals surface area (Å²) in [5, 5.41) is 0. The van der Waals surface area contributed by atoms with E-state index < -0.39 is 10.0 Å². The molecule has 0 unspecified atom stereocenters. The zero-order valence-corrected chi connectivity index (χ0v) is 17.3. The van der Waals surface area contributed by atoms with Crippen molar-refractivity contribution in [3.63, 3.8) is 0 Å². The van der Waals surface area contributed by atoms with Crippen LogP contribution in [0.2, 0.25) is 0 Å². The van der Waals surface area contributed by atoms with E-state index in [-0.39, 0.29) is 17.9 Å². The van der Waals surface area contributed by atoms with Crippen molar-refractivity contribution in [1.82, 2.24) is 9.21 Å². The summed E-state index contributed by atoms with van der Waals surface area (Å²) in [6.45, 7) is 5.50. The Morgan fingerprint density at radius 1 is 1.11 bits per heavy atom. The highest BCUT2D eigenvalue weighted by atomic mass is 32.2. The van der Waals surface area contributed by atoms with Gasteiger partial charge in [0.15, 0.2) is 0 Å². The van der Waals surface area contributed by atoms with Gasteiger partial charge in [-0.25, -0.2) is 8.42 Å². The van der Waals surface area contributed by atoms with Gasteiger partial charge >= 0.3 is 0 Å². The predicted octanol–water partition coefficient (Wildman–Crippen LogP) is 1.54. The minimum absolute atomic E-state index is 0.0765. The summed E-state index contributed by atoms with van der Waals surface area (Å²) < 4.78 is 28.0. The van der Waals surface area contributed by atoms with Gasteiger partial charge < -0.3 is 9.80 Å². The zero-order valence-electron chi connectivity index (χ0n) is 16.5. The van der Waals surface area contributed by atoms with Crippen molar-refractivity contribution in [1.29, 1.82) is 0 Å². The maximum absolute atomic E-state index is 13.2. The van der Waals surface area contributed by atoms with Crippen LogP contribution < -0.4 is 4.90 Å². The average molecular weight is 406 g/mol. The zero-order chi connectivity index (χ0) is 20.1. The van der Waals surface area contributed by atoms with E-state index >= 15 is 0 Å². The van der Waals surface area contributed by atoms with Crippen LogP contribution in [0.25, 0.3) is 0 Å². The Morgan fingerprint density at radius 2 is 1.79 bits per heavy atom. The Hall–Kier alpha value is -1.93. The summed E-state index contributed by atoms with van der Waals surface area (Å²) in [4.78, 5) is 28.2. The van der Waals surface area contributed by atoms with E-state index in [1.54, 1.807) is 17.0 Å². The number of carbonyl (C=O) groups excluding carboxylic acids is 2. The van der Waals surface area contributed by atoms with Gasteiger partial charge in [-0.3, -0.25) is 9.59 Å². The van der Waals surface area contributed by atoms with Gasteiger partial charge in [0.1, 0.15) is 0 Å². The number of piperazine rings is 1. The van der Waals surface area contributed by atoms with Gasteiger partial charge in [-0.2, -0.15) is 4.31 Å². The Balaban J connectivity index is 1.58. The Kier molecular flexibility index (Phi) is 4.95. The largest absolute Gasteiger partial charge is 0.340 e. The molecule has 0 bridgehead atoms. The first kappa shape index (κ1) is 19.4. The molecule has 28 heavy (non-hydrogen) atoms. The summed E-state index contributed by atoms with van der Waals surface area (Å²) in [6.07, 6.45) is 3.02. The molecule has 4 rings (SSSR count). The topological polar surface area (TPSA) is 78.0 Å². The molecule has 1 aromatic carbocycles. The highest BCUT2D eigenvalue weighted by Gasteiger charge is 2.38. The molecule has 0 aromatic heterocycles. The predicted molar refractivity (Wildman–Crippen MR) is 106 cm³/mol. The molecule has 8 heteroatoms. The second-order valence-electron chi connectivity index (χ2n) is 7.94. The highest BCUT2D eigenvalue weighted by Crippen LogP contribution is 2.41. The summed E-state index contributed by atoms with van der Waals surface area (Å²) in [7, 11) is -3.61. The number of sulfonamides is 1. The van der Waals surface area contributed by atoms with Gasteiger partial charge in [0, 0.05) is 45.1 Å². The number of nitrogens with zero attached hydrogens (tertiary/aromatic N) is 3. The first-order valence-electron chi connectivity index (χ1n) is 10.1. The molecule has 0 N–H and O–H groups in total. The molecular weight excluding hydrogens is 378 g/mol. The van der Waals surface area contributed by atoms with Crippen molar-refractivity contribution in [2.45, 2.75) is 56.9 Å². The van der Waals surface area contributed by atoms with Crippen molar-refractivity contribution in [2.24, 2.45) is 0 Å². The summed E-state index contributed by atoms with van der Waals surface area (Å²) in [5.74, 6) is 0.225. The van der Waals surface area contributed by atoms with Gasteiger partial charge in [-0.1, -0.05) is 6.92 Å². The molecule has 1 aromatic rings. The molecule has 3 heterocycles. The van der Waals surface area contributed by atoms with Crippen molar-refractivity contribution >= 4 is 27.5 Å². The molecule has 0 radical (unpaired) electrons. The van der Waals surface area contributed by atoms with Gasteiger partial charge in [0.05, 0.1) is 10.6 Å². The smallest absolute Gasteiger partial charge is 0.243 e. The van der Waals surface area contributed by atoms with Gasteiger partial charge in [0.2, 0.25) is 21.8 Å². The molecule has 3 aliphatic rings. The van der Waals surface area contributed by atoms with Crippen LogP contribution in [0, 0.1) is 0 Å². The lowest BCUT2D eigenvalue weighted by atomic mass is 10.00. The van der Waals surface area contributed by atoms with Crippen molar-refractivity contribution < 1.29 is 18.0 Å². The summed E-state index contributed by atoms with van der Waals surface area (Å²) in [5.41, 5.74) is 2.84. The number of aryl methyl sites for hydroxylation is 1. The SMILES string of the molecule is CCCC(=O)N1CCN(S(=O)(=O)c2cc3c4c(c2)C[C@@H](C)N4C(=O)CC3)CC1. The monoisotopic (exact) mass is 405 g/mol. The lowest BCUT2D eigenvalue weighted by molar-refractivity contribution is -0.132. The van der Waals surface area contributed by atoms with Crippen LogP contribution in [0.1, 0.15) is 44.2 Å². The molecule has 3 aliphatic heterocycles. The van der Waals surface area contributed by atoms with E-state index in [9.17, 15) is 18.0 Å². The van der Waals surface area contributed by atoms with Crippen LogP contribution in [-0.4, -0.2) is 61.7 Å². The average Bonchev–Trinajstić information content (AvgIpc) is 3.02. The van der Waals surface area contributed by atoms with Crippen LogP contribution in [-0.2, 0) is 32.5 Å². The number of amides is 2. The molecule has 0 spiro atoms. The Morgan fingerprint density at radius 3 is 2.46 bits per heavy atom. The lowest BCUT2D eigenvalue weighted by Gasteiger charge is -2.34. The van der Waals surface area contributed by atoms with Crippen LogP contribution in [0.15, 0.2) is 17.0 Å². The third-order valence-electron chi connectivity index (χ3n) is 6.01. The minimum atomic E-state index is -3.61. The molecule has 152 valence electrons. The third kappa shape index (κ3) is 3.12. The first-order chi connectivity index (χ1) is 13.3. The summed E-state index contributed by atoms with van der Waals surface area (Å²) >= 11 is 0. The molecule has 7 nitrogen and oxygen atoms in total. The molecule has 0 aliphatic carbocycles. The van der Waals surface area contributed by atoms with Gasteiger partial charge in [-0.15, -0.1) is 0 Å². The number of carbonyl (C=O) groups is 2. The van der Waals surface area contributed by atoms with Crippen molar-refractivity contribution in [3.05, 3.63) is 23.3 Å². The van der Waals surface area contributed by atoms with E-state index in [0.717, 1.165) is 23.2 Å². The molecule has 1 saturated heterocycles. The fourth-order valence-electron chi connectivity index (χ4n) is 4.59. The van der Waals surface area contributed by atoms with Crippen LogP contribution >= 0.6 is 0 Å². The second-order valence-corrected chi connectivity index (χ2v) is 9.88. The molecule has 0 saturated carbocycles. The van der Waals surface area contributed by atoms with Gasteiger partial charge in [0.25, 0.3) is 0 Å². The van der Waals surface area contributed by atoms with Crippen LogP contribution in [0.3, 0.4) is 0 Å². The minimum Gasteiger partial charge on any atom is -0.340 e. The number of rotatable bonds is 4. The van der Waals surface area contributed by atoms with Crippen LogP contribution in [0.4, 0.5) is 5.69 Å². The van der Waals surface area contributed by atoms with Gasteiger partial charge in [-0.05, 0) is 49.4 Å². The van der Waals surface area contributed by atoms with E-state index in [0.29, 0.717) is 56.8 Å². The first-order valence-corrected chi connectivity index (χ1v) is 11.5. The third-order valence-corrected chi connectivity index (χ3v) is 7.88. The maximum Gasteiger partial charge on any atom is 0.243 e. The standard InChI is InChI=1S/C20H27N3O4S/c1-3-4-18(24)21-7-9-22(10-8-21)28(26,27)17-12-15-5-6-19(25)23-14(2)11-16(13-17)20(15)23/h12-14H,3-11H2,1-2H3/t14-/m1/s1. The lowest BCUT2D eigenvalue weighted by Crippen LogP contribution is -2.50. The second kappa shape index (κ2) is 7.15. The quantitative estimate of drug-likeness (QED) is 0.761.